The van der Waals surface area contributed by atoms with E-state index in [1.165, 1.54) is 5.19 Å². The molecule has 4 heterocycles. The summed E-state index contributed by atoms with van der Waals surface area (Å²) in [5.74, 6) is -0.746. The predicted molar refractivity (Wildman–Crippen MR) is 123 cm³/mol. The maximum Gasteiger partial charge on any atom is 0.213 e. The molecule has 0 spiro atoms. The van der Waals surface area contributed by atoms with Crippen LogP contribution in [-0.4, -0.2) is 81.1 Å². The molecule has 0 aromatic heterocycles. The first-order chi connectivity index (χ1) is 15.1. The van der Waals surface area contributed by atoms with Crippen molar-refractivity contribution in [2.24, 2.45) is 5.73 Å². The smallest absolute Gasteiger partial charge is 0.213 e. The lowest BCUT2D eigenvalue weighted by Crippen LogP contribution is -2.67. The molecule has 9 nitrogen and oxygen atoms in total. The van der Waals surface area contributed by atoms with Crippen LogP contribution in [-0.2, 0) is 13.9 Å². The summed E-state index contributed by atoms with van der Waals surface area (Å²) in [5, 5.41) is 22.4. The Morgan fingerprint density at radius 1 is 1.25 bits per heavy atom. The van der Waals surface area contributed by atoms with Gasteiger partial charge in [0.1, 0.15) is 30.5 Å². The summed E-state index contributed by atoms with van der Waals surface area (Å²) in [6.45, 7) is 9.64. The fraction of sp³-hybridized carbons (Fsp3) is 0.727. The number of benzene rings is 1. The first-order valence-corrected chi connectivity index (χ1v) is 13.2. The van der Waals surface area contributed by atoms with Crippen molar-refractivity contribution in [1.82, 2.24) is 20.9 Å². The van der Waals surface area contributed by atoms with Gasteiger partial charge in [0.05, 0.1) is 31.6 Å². The van der Waals surface area contributed by atoms with Crippen LogP contribution in [0.25, 0.3) is 0 Å². The van der Waals surface area contributed by atoms with Gasteiger partial charge in [0.25, 0.3) is 0 Å². The molecule has 178 valence electrons. The zero-order valence-corrected chi connectivity index (χ0v) is 20.5. The Hall–Kier alpha value is -0.923. The third-order valence-electron chi connectivity index (χ3n) is 6.87. The highest BCUT2D eigenvalue weighted by Crippen LogP contribution is 2.36. The summed E-state index contributed by atoms with van der Waals surface area (Å²) in [4.78, 5) is 2.21. The SMILES string of the molecule is CC1(N)NC2OC2C2NCN(C3CC(O)C(CO[SiH](c4ccccc4)C(C)(C)C)O3)C2N1. The molecule has 6 N–H and O–H groups in total. The average Bonchev–Trinajstić information content (AvgIpc) is 3.19. The zero-order valence-electron chi connectivity index (χ0n) is 19.3. The van der Waals surface area contributed by atoms with Crippen molar-refractivity contribution >= 4 is 14.2 Å². The van der Waals surface area contributed by atoms with Crippen molar-refractivity contribution in [3.63, 3.8) is 0 Å². The average molecular weight is 464 g/mol. The number of ether oxygens (including phenoxy) is 2. The molecule has 5 rings (SSSR count). The summed E-state index contributed by atoms with van der Waals surface area (Å²) in [5.41, 5.74) is 6.38. The Bertz CT molecular complexity index is 809. The number of epoxide rings is 1. The molecule has 0 amide bonds. The van der Waals surface area contributed by atoms with Gasteiger partial charge in [-0.1, -0.05) is 51.1 Å². The van der Waals surface area contributed by atoms with E-state index in [4.69, 9.17) is 19.6 Å². The highest BCUT2D eigenvalue weighted by atomic mass is 28.3. The molecule has 0 bridgehead atoms. The standard InChI is InChI=1S/C22H37N5O4Si/c1-21(2,3)32(13-8-6-5-7-9-13)29-11-15-14(28)10-16(30-15)27-12-24-17-18-20(31-18)26-22(4,23)25-19(17)27/h5-9,14-20,24-26,28,32H,10-12,23H2,1-4H3. The summed E-state index contributed by atoms with van der Waals surface area (Å²) in [7, 11) is -1.73. The topological polar surface area (TPSA) is 117 Å². The zero-order chi connectivity index (χ0) is 22.7. The molecule has 1 aromatic rings. The molecule has 4 fully saturated rings. The Balaban J connectivity index is 1.24. The van der Waals surface area contributed by atoms with Gasteiger partial charge in [0.15, 0.2) is 0 Å². The lowest BCUT2D eigenvalue weighted by atomic mass is 10.1. The van der Waals surface area contributed by atoms with Crippen LogP contribution in [0, 0.1) is 0 Å². The van der Waals surface area contributed by atoms with Crippen molar-refractivity contribution in [3.05, 3.63) is 30.3 Å². The third-order valence-corrected chi connectivity index (χ3v) is 9.96. The van der Waals surface area contributed by atoms with Gasteiger partial charge in [0, 0.05) is 6.42 Å². The first-order valence-electron chi connectivity index (χ1n) is 11.6. The number of aliphatic hydroxyl groups is 1. The van der Waals surface area contributed by atoms with Crippen LogP contribution in [0.5, 0.6) is 0 Å². The van der Waals surface area contributed by atoms with Gasteiger partial charge < -0.3 is 24.7 Å². The van der Waals surface area contributed by atoms with E-state index in [1.807, 2.05) is 13.0 Å². The lowest BCUT2D eigenvalue weighted by Gasteiger charge is -2.36. The maximum absolute atomic E-state index is 10.8. The molecule has 9 unspecified atom stereocenters. The minimum atomic E-state index is -1.73. The molecule has 10 heteroatoms. The largest absolute Gasteiger partial charge is 0.412 e. The first kappa shape index (κ1) is 22.8. The van der Waals surface area contributed by atoms with Gasteiger partial charge in [-0.15, -0.1) is 0 Å². The van der Waals surface area contributed by atoms with Gasteiger partial charge in [-0.25, -0.2) is 4.90 Å². The number of hydrogen-bond donors (Lipinski definition) is 5. The minimum Gasteiger partial charge on any atom is -0.412 e. The number of aliphatic hydroxyl groups excluding tert-OH is 1. The van der Waals surface area contributed by atoms with Crippen LogP contribution in [0.3, 0.4) is 0 Å². The summed E-state index contributed by atoms with van der Waals surface area (Å²) in [6.07, 6.45) is -0.594. The minimum absolute atomic E-state index is 0.0338. The van der Waals surface area contributed by atoms with Crippen molar-refractivity contribution < 1.29 is 19.0 Å². The van der Waals surface area contributed by atoms with Gasteiger partial charge in [-0.3, -0.25) is 16.0 Å². The van der Waals surface area contributed by atoms with E-state index in [0.717, 1.165) is 0 Å². The second kappa shape index (κ2) is 8.38. The maximum atomic E-state index is 10.8. The van der Waals surface area contributed by atoms with E-state index in [2.05, 4.69) is 65.9 Å². The second-order valence-corrected chi connectivity index (χ2v) is 14.3. The van der Waals surface area contributed by atoms with Crippen molar-refractivity contribution in [2.75, 3.05) is 13.3 Å². The monoisotopic (exact) mass is 463 g/mol. The van der Waals surface area contributed by atoms with Crippen LogP contribution < -0.4 is 26.9 Å². The fourth-order valence-electron chi connectivity index (χ4n) is 5.27. The lowest BCUT2D eigenvalue weighted by molar-refractivity contribution is -0.0886. The Kier molecular flexibility index (Phi) is 5.99. The van der Waals surface area contributed by atoms with Gasteiger partial charge >= 0.3 is 0 Å². The van der Waals surface area contributed by atoms with Crippen LogP contribution in [0.2, 0.25) is 5.04 Å². The van der Waals surface area contributed by atoms with Crippen LogP contribution >= 0.6 is 0 Å². The highest BCUT2D eigenvalue weighted by molar-refractivity contribution is 6.70. The molecule has 1 aromatic carbocycles. The molecule has 4 aliphatic heterocycles. The van der Waals surface area contributed by atoms with Crippen LogP contribution in [0.15, 0.2) is 30.3 Å². The molecule has 0 radical (unpaired) electrons. The molecule has 4 saturated heterocycles. The number of hydrogen-bond acceptors (Lipinski definition) is 9. The van der Waals surface area contributed by atoms with Gasteiger partial charge in [-0.05, 0) is 17.1 Å². The van der Waals surface area contributed by atoms with Crippen LogP contribution in [0.4, 0.5) is 0 Å². The molecule has 9 atom stereocenters. The van der Waals surface area contributed by atoms with Gasteiger partial charge in [-0.2, -0.15) is 0 Å². The molecule has 4 aliphatic rings. The molecule has 32 heavy (non-hydrogen) atoms. The highest BCUT2D eigenvalue weighted by Gasteiger charge is 2.58. The summed E-state index contributed by atoms with van der Waals surface area (Å²) in [6, 6.07) is 10.6. The van der Waals surface area contributed by atoms with Crippen molar-refractivity contribution in [2.45, 2.75) is 87.9 Å². The molecular formula is C22H37N5O4Si. The van der Waals surface area contributed by atoms with Crippen LogP contribution in [0.1, 0.15) is 34.1 Å². The van der Waals surface area contributed by atoms with Crippen molar-refractivity contribution in [1.29, 1.82) is 0 Å². The van der Waals surface area contributed by atoms with Crippen molar-refractivity contribution in [3.8, 4) is 0 Å². The van der Waals surface area contributed by atoms with E-state index < -0.39 is 20.9 Å². The summed E-state index contributed by atoms with van der Waals surface area (Å²) >= 11 is 0. The number of nitrogens with two attached hydrogens (primary N) is 1. The fourth-order valence-corrected chi connectivity index (χ4v) is 7.92. The number of rotatable bonds is 5. The van der Waals surface area contributed by atoms with E-state index >= 15 is 0 Å². The number of fused-ring (bicyclic) bond motifs is 3. The second-order valence-electron chi connectivity index (χ2n) is 10.8. The quantitative estimate of drug-likeness (QED) is 0.277. The van der Waals surface area contributed by atoms with E-state index in [0.29, 0.717) is 19.7 Å². The van der Waals surface area contributed by atoms with Gasteiger partial charge in [0.2, 0.25) is 9.04 Å². The Labute approximate surface area is 191 Å². The third kappa shape index (κ3) is 4.54. The van der Waals surface area contributed by atoms with E-state index in [9.17, 15) is 5.11 Å². The van der Waals surface area contributed by atoms with E-state index in [-0.39, 0.29) is 41.9 Å². The predicted octanol–water partition coefficient (Wildman–Crippen LogP) is -0.982. The molecular weight excluding hydrogens is 426 g/mol. The Morgan fingerprint density at radius 3 is 2.72 bits per heavy atom. The summed E-state index contributed by atoms with van der Waals surface area (Å²) < 4.78 is 18.6. The number of nitrogens with one attached hydrogen (secondary N) is 3. The Morgan fingerprint density at radius 2 is 2.00 bits per heavy atom. The molecule has 0 aliphatic carbocycles. The molecule has 0 saturated carbocycles. The normalized spacial score (nSPS) is 42.9. The van der Waals surface area contributed by atoms with E-state index in [1.54, 1.807) is 0 Å². The number of nitrogens with zero attached hydrogens (tertiary/aromatic N) is 1.